The maximum atomic E-state index is 12.3. The predicted molar refractivity (Wildman–Crippen MR) is 95.3 cm³/mol. The summed E-state index contributed by atoms with van der Waals surface area (Å²) in [7, 11) is 0. The second-order valence-corrected chi connectivity index (χ2v) is 5.11. The van der Waals surface area contributed by atoms with Crippen LogP contribution in [-0.2, 0) is 19.1 Å². The van der Waals surface area contributed by atoms with E-state index in [-0.39, 0.29) is 31.7 Å². The summed E-state index contributed by atoms with van der Waals surface area (Å²) in [4.78, 5) is 39.8. The van der Waals surface area contributed by atoms with Gasteiger partial charge in [0.1, 0.15) is 11.7 Å². The Kier molecular flexibility index (Phi) is 9.25. The van der Waals surface area contributed by atoms with Gasteiger partial charge in [0.2, 0.25) is 0 Å². The number of terminal acetylenes is 1. The van der Waals surface area contributed by atoms with Gasteiger partial charge in [-0.05, 0) is 32.4 Å². The molecule has 0 bridgehead atoms. The summed E-state index contributed by atoms with van der Waals surface area (Å²) in [5.41, 5.74) is 0.797. The van der Waals surface area contributed by atoms with Gasteiger partial charge < -0.3 is 20.1 Å². The minimum atomic E-state index is -0.965. The average molecular weight is 361 g/mol. The molecule has 26 heavy (non-hydrogen) atoms. The van der Waals surface area contributed by atoms with E-state index in [9.17, 15) is 14.4 Å². The molecule has 140 valence electrons. The van der Waals surface area contributed by atoms with Gasteiger partial charge >= 0.3 is 11.9 Å². The van der Waals surface area contributed by atoms with Crippen LogP contribution in [0.4, 0.5) is 5.69 Å². The van der Waals surface area contributed by atoms with Crippen molar-refractivity contribution >= 4 is 23.5 Å². The molecule has 0 saturated carbocycles. The Hall–Kier alpha value is -3.08. The summed E-state index contributed by atoms with van der Waals surface area (Å²) < 4.78 is 9.77. The van der Waals surface area contributed by atoms with E-state index >= 15 is 0 Å². The van der Waals surface area contributed by atoms with Crippen LogP contribution in [0.5, 0.6) is 0 Å². The second kappa shape index (κ2) is 11.5. The van der Waals surface area contributed by atoms with Crippen LogP contribution in [0.2, 0.25) is 0 Å². The molecule has 1 amide bonds. The van der Waals surface area contributed by atoms with Crippen molar-refractivity contribution < 1.29 is 23.9 Å². The summed E-state index contributed by atoms with van der Waals surface area (Å²) in [6.45, 7) is 4.10. The highest BCUT2D eigenvalue weighted by Gasteiger charge is 2.24. The van der Waals surface area contributed by atoms with Crippen LogP contribution in [-0.4, -0.2) is 48.6 Å². The zero-order valence-corrected chi connectivity index (χ0v) is 14.9. The van der Waals surface area contributed by atoms with E-state index in [1.165, 1.54) is 12.3 Å². The smallest absolute Gasteiger partial charge is 0.328 e. The second-order valence-electron chi connectivity index (χ2n) is 5.11. The highest BCUT2D eigenvalue weighted by molar-refractivity contribution is 5.95. The maximum absolute atomic E-state index is 12.3. The number of rotatable bonds is 10. The Morgan fingerprint density at radius 2 is 1.96 bits per heavy atom. The van der Waals surface area contributed by atoms with Crippen LogP contribution in [0.3, 0.4) is 0 Å². The predicted octanol–water partition coefficient (Wildman–Crippen LogP) is 1.13. The number of carbonyl (C=O) groups is 3. The first kappa shape index (κ1) is 21.0. The summed E-state index contributed by atoms with van der Waals surface area (Å²) in [6.07, 6.45) is 6.68. The zero-order valence-electron chi connectivity index (χ0n) is 14.9. The fraction of sp³-hybridized carbons (Fsp3) is 0.444. The number of anilines is 1. The molecule has 0 spiro atoms. The fourth-order valence-corrected chi connectivity index (χ4v) is 2.01. The van der Waals surface area contributed by atoms with Crippen LogP contribution in [0.1, 0.15) is 37.2 Å². The third-order valence-corrected chi connectivity index (χ3v) is 3.21. The number of hydrogen-bond donors (Lipinski definition) is 2. The average Bonchev–Trinajstić information content (AvgIpc) is 2.64. The van der Waals surface area contributed by atoms with Gasteiger partial charge in [0.25, 0.3) is 5.91 Å². The quantitative estimate of drug-likeness (QED) is 0.475. The lowest BCUT2D eigenvalue weighted by Crippen LogP contribution is -2.42. The molecule has 0 radical (unpaired) electrons. The van der Waals surface area contributed by atoms with Crippen molar-refractivity contribution in [3.05, 3.63) is 24.0 Å². The standard InChI is InChI=1S/C18H23N3O5/c1-4-11-19-13-7-8-14(20-12-13)17(23)21-15(18(24)26-6-3)9-10-16(22)25-5-2/h1,7-8,12,15,19H,5-6,9-11H2,2-3H3,(H,21,23)/t15-/m0/s1. The topological polar surface area (TPSA) is 107 Å². The molecular weight excluding hydrogens is 338 g/mol. The zero-order chi connectivity index (χ0) is 19.4. The molecule has 1 atom stereocenters. The Balaban J connectivity index is 2.72. The van der Waals surface area contributed by atoms with Crippen LogP contribution < -0.4 is 10.6 Å². The summed E-state index contributed by atoms with van der Waals surface area (Å²) >= 11 is 0. The molecule has 1 rings (SSSR count). The van der Waals surface area contributed by atoms with E-state index in [0.29, 0.717) is 12.2 Å². The molecule has 8 nitrogen and oxygen atoms in total. The fourth-order valence-electron chi connectivity index (χ4n) is 2.01. The number of ether oxygens (including phenoxy) is 2. The Bertz CT molecular complexity index is 652. The monoisotopic (exact) mass is 361 g/mol. The number of nitrogens with one attached hydrogen (secondary N) is 2. The third-order valence-electron chi connectivity index (χ3n) is 3.21. The molecule has 0 unspecified atom stereocenters. The van der Waals surface area contributed by atoms with Gasteiger partial charge in [-0.2, -0.15) is 0 Å². The van der Waals surface area contributed by atoms with Crippen molar-refractivity contribution in [1.29, 1.82) is 0 Å². The molecule has 8 heteroatoms. The molecule has 2 N–H and O–H groups in total. The lowest BCUT2D eigenvalue weighted by molar-refractivity contribution is -0.146. The van der Waals surface area contributed by atoms with Crippen LogP contribution in [0.15, 0.2) is 18.3 Å². The lowest BCUT2D eigenvalue weighted by Gasteiger charge is -2.16. The van der Waals surface area contributed by atoms with Crippen LogP contribution >= 0.6 is 0 Å². The van der Waals surface area contributed by atoms with Crippen molar-refractivity contribution in [1.82, 2.24) is 10.3 Å². The molecule has 1 aromatic heterocycles. The minimum absolute atomic E-state index is 0.0139. The molecule has 0 aliphatic rings. The van der Waals surface area contributed by atoms with Gasteiger partial charge in [0.15, 0.2) is 0 Å². The third kappa shape index (κ3) is 7.21. The Labute approximate surface area is 152 Å². The Morgan fingerprint density at radius 1 is 1.23 bits per heavy atom. The number of aromatic nitrogens is 1. The first-order valence-corrected chi connectivity index (χ1v) is 8.28. The van der Waals surface area contributed by atoms with E-state index in [4.69, 9.17) is 15.9 Å². The molecule has 1 heterocycles. The molecule has 0 aliphatic heterocycles. The molecule has 0 fully saturated rings. The Morgan fingerprint density at radius 3 is 2.54 bits per heavy atom. The molecular formula is C18H23N3O5. The largest absolute Gasteiger partial charge is 0.466 e. The van der Waals surface area contributed by atoms with Crippen molar-refractivity contribution in [2.75, 3.05) is 25.1 Å². The van der Waals surface area contributed by atoms with Gasteiger partial charge in [-0.3, -0.25) is 9.59 Å². The summed E-state index contributed by atoms with van der Waals surface area (Å²) in [6, 6.07) is 2.19. The van der Waals surface area contributed by atoms with E-state index < -0.39 is 23.9 Å². The summed E-state index contributed by atoms with van der Waals surface area (Å²) in [5, 5.41) is 5.47. The lowest BCUT2D eigenvalue weighted by atomic mass is 10.1. The van der Waals surface area contributed by atoms with Crippen molar-refractivity contribution in [3.8, 4) is 12.3 Å². The SMILES string of the molecule is C#CCNc1ccc(C(=O)N[C@@H](CCC(=O)OCC)C(=O)OCC)nc1. The summed E-state index contributed by atoms with van der Waals surface area (Å²) in [5.74, 6) is 0.823. The van der Waals surface area contributed by atoms with E-state index in [1.54, 1.807) is 19.9 Å². The number of amides is 1. The molecule has 0 saturated heterocycles. The van der Waals surface area contributed by atoms with E-state index in [0.717, 1.165) is 0 Å². The van der Waals surface area contributed by atoms with Gasteiger partial charge in [-0.15, -0.1) is 6.42 Å². The van der Waals surface area contributed by atoms with E-state index in [1.807, 2.05) is 0 Å². The van der Waals surface area contributed by atoms with Crippen LogP contribution in [0.25, 0.3) is 0 Å². The first-order chi connectivity index (χ1) is 12.5. The van der Waals surface area contributed by atoms with Gasteiger partial charge in [0.05, 0.1) is 31.6 Å². The molecule has 0 aliphatic carbocycles. The number of nitrogens with zero attached hydrogens (tertiary/aromatic N) is 1. The van der Waals surface area contributed by atoms with Crippen molar-refractivity contribution in [3.63, 3.8) is 0 Å². The first-order valence-electron chi connectivity index (χ1n) is 8.28. The van der Waals surface area contributed by atoms with Gasteiger partial charge in [-0.1, -0.05) is 5.92 Å². The number of carbonyl (C=O) groups excluding carboxylic acids is 3. The van der Waals surface area contributed by atoms with Gasteiger partial charge in [-0.25, -0.2) is 9.78 Å². The van der Waals surface area contributed by atoms with E-state index in [2.05, 4.69) is 21.5 Å². The van der Waals surface area contributed by atoms with Gasteiger partial charge in [0, 0.05) is 6.42 Å². The highest BCUT2D eigenvalue weighted by Crippen LogP contribution is 2.08. The minimum Gasteiger partial charge on any atom is -0.466 e. The number of pyridine rings is 1. The number of hydrogen-bond acceptors (Lipinski definition) is 7. The van der Waals surface area contributed by atoms with Crippen LogP contribution in [0, 0.1) is 12.3 Å². The van der Waals surface area contributed by atoms with Crippen molar-refractivity contribution in [2.24, 2.45) is 0 Å². The maximum Gasteiger partial charge on any atom is 0.328 e. The number of esters is 2. The molecule has 0 aromatic carbocycles. The highest BCUT2D eigenvalue weighted by atomic mass is 16.5. The van der Waals surface area contributed by atoms with Crippen molar-refractivity contribution in [2.45, 2.75) is 32.7 Å². The molecule has 1 aromatic rings. The normalized spacial score (nSPS) is 11.0.